The first-order valence-corrected chi connectivity index (χ1v) is 11.5. The lowest BCUT2D eigenvalue weighted by atomic mass is 10.1. The number of thiazole rings is 1. The quantitative estimate of drug-likeness (QED) is 0.469. The second kappa shape index (κ2) is 8.13. The van der Waals surface area contributed by atoms with Crippen LogP contribution in [0.1, 0.15) is 30.1 Å². The zero-order valence-electron chi connectivity index (χ0n) is 16.2. The monoisotopic (exact) mass is 426 g/mol. The van der Waals surface area contributed by atoms with Gasteiger partial charge in [-0.25, -0.2) is 14.6 Å². The summed E-state index contributed by atoms with van der Waals surface area (Å²) >= 11 is 3.41. The van der Waals surface area contributed by atoms with Gasteiger partial charge in [-0.05, 0) is 40.4 Å². The van der Waals surface area contributed by atoms with Gasteiger partial charge in [0.2, 0.25) is 0 Å². The summed E-state index contributed by atoms with van der Waals surface area (Å²) in [7, 11) is 0. The molecule has 5 rings (SSSR count). The Morgan fingerprint density at radius 2 is 2.03 bits per heavy atom. The molecule has 0 spiro atoms. The minimum Gasteiger partial charge on any atom is -0.345 e. The normalized spacial score (nSPS) is 16.5. The van der Waals surface area contributed by atoms with Crippen molar-refractivity contribution in [2.24, 2.45) is 0 Å². The largest absolute Gasteiger partial charge is 0.345 e. The molecule has 1 aliphatic heterocycles. The molecular weight excluding hydrogens is 404 g/mol. The molecule has 0 radical (unpaired) electrons. The minimum absolute atomic E-state index is 0.226. The Balaban J connectivity index is 1.29. The van der Waals surface area contributed by atoms with Crippen molar-refractivity contribution >= 4 is 38.2 Å². The first-order chi connectivity index (χ1) is 14.3. The molecule has 0 amide bonds. The number of tetrazole rings is 1. The predicted molar refractivity (Wildman–Crippen MR) is 115 cm³/mol. The molecule has 1 atom stereocenters. The van der Waals surface area contributed by atoms with E-state index >= 15 is 0 Å². The summed E-state index contributed by atoms with van der Waals surface area (Å²) in [4.78, 5) is 16.3. The third kappa shape index (κ3) is 3.75. The Labute approximate surface area is 176 Å². The molecule has 1 aliphatic rings. The van der Waals surface area contributed by atoms with E-state index < -0.39 is 0 Å². The van der Waals surface area contributed by atoms with Gasteiger partial charge >= 0.3 is 0 Å². The molecule has 0 aliphatic carbocycles. The second-order valence-electron chi connectivity index (χ2n) is 7.05. The number of nitrogens with zero attached hydrogens (tertiary/aromatic N) is 8. The van der Waals surface area contributed by atoms with Crippen molar-refractivity contribution in [1.82, 2.24) is 35.1 Å². The second-order valence-corrected chi connectivity index (χ2v) is 9.03. The van der Waals surface area contributed by atoms with E-state index in [-0.39, 0.29) is 6.04 Å². The van der Waals surface area contributed by atoms with Crippen molar-refractivity contribution in [3.63, 3.8) is 0 Å². The van der Waals surface area contributed by atoms with Gasteiger partial charge in [0, 0.05) is 37.3 Å². The van der Waals surface area contributed by atoms with Gasteiger partial charge in [0.15, 0.2) is 11.0 Å². The van der Waals surface area contributed by atoms with Crippen LogP contribution in [0.5, 0.6) is 0 Å². The fourth-order valence-corrected chi connectivity index (χ4v) is 5.48. The minimum atomic E-state index is 0.226. The lowest BCUT2D eigenvalue weighted by Gasteiger charge is -2.38. The maximum Gasteiger partial charge on any atom is 0.188 e. The lowest BCUT2D eigenvalue weighted by Crippen LogP contribution is -2.48. The van der Waals surface area contributed by atoms with Crippen LogP contribution >= 0.6 is 22.7 Å². The van der Waals surface area contributed by atoms with Crippen LogP contribution in [0.25, 0.3) is 10.3 Å². The van der Waals surface area contributed by atoms with Gasteiger partial charge in [0.25, 0.3) is 0 Å². The summed E-state index contributed by atoms with van der Waals surface area (Å²) < 4.78 is 1.95. The highest BCUT2D eigenvalue weighted by atomic mass is 32.1. The first kappa shape index (κ1) is 18.6. The Kier molecular flexibility index (Phi) is 5.21. The van der Waals surface area contributed by atoms with Crippen LogP contribution in [-0.4, -0.2) is 61.3 Å². The van der Waals surface area contributed by atoms with Crippen molar-refractivity contribution in [3.8, 4) is 0 Å². The van der Waals surface area contributed by atoms with Crippen LogP contribution in [0.15, 0.2) is 35.8 Å². The molecule has 1 unspecified atom stereocenters. The van der Waals surface area contributed by atoms with Gasteiger partial charge < -0.3 is 4.90 Å². The molecule has 0 bridgehead atoms. The maximum atomic E-state index is 4.76. The molecule has 1 saturated heterocycles. The number of aromatic nitrogens is 6. The highest BCUT2D eigenvalue weighted by molar-refractivity contribution is 7.21. The summed E-state index contributed by atoms with van der Waals surface area (Å²) in [6.07, 6.45) is 2.81. The molecule has 4 aromatic rings. The van der Waals surface area contributed by atoms with Crippen LogP contribution in [0.2, 0.25) is 0 Å². The fourth-order valence-electron chi connectivity index (χ4n) is 3.84. The predicted octanol–water partition coefficient (Wildman–Crippen LogP) is 3.06. The maximum absolute atomic E-state index is 4.76. The summed E-state index contributed by atoms with van der Waals surface area (Å²) in [5, 5.41) is 15.8. The molecule has 150 valence electrons. The highest BCUT2D eigenvalue weighted by Gasteiger charge is 2.29. The van der Waals surface area contributed by atoms with Crippen LogP contribution in [0.3, 0.4) is 0 Å². The smallest absolute Gasteiger partial charge is 0.188 e. The summed E-state index contributed by atoms with van der Waals surface area (Å²) in [5.74, 6) is 0.957. The molecule has 10 heteroatoms. The van der Waals surface area contributed by atoms with Crippen molar-refractivity contribution < 1.29 is 0 Å². The van der Waals surface area contributed by atoms with E-state index in [0.717, 1.165) is 60.4 Å². The zero-order valence-corrected chi connectivity index (χ0v) is 17.8. The van der Waals surface area contributed by atoms with Gasteiger partial charge in [-0.3, -0.25) is 4.90 Å². The molecular formula is C19H22N8S2. The molecule has 8 nitrogen and oxygen atoms in total. The number of anilines is 1. The number of thiophene rings is 1. The number of fused-ring (bicyclic) bond motifs is 1. The average Bonchev–Trinajstić information content (AvgIpc) is 3.51. The number of hydrogen-bond donors (Lipinski definition) is 0. The van der Waals surface area contributed by atoms with Crippen LogP contribution in [-0.2, 0) is 6.54 Å². The molecule has 0 saturated carbocycles. The van der Waals surface area contributed by atoms with E-state index in [1.54, 1.807) is 22.7 Å². The Morgan fingerprint density at radius 1 is 1.14 bits per heavy atom. The molecule has 29 heavy (non-hydrogen) atoms. The van der Waals surface area contributed by atoms with Gasteiger partial charge in [-0.1, -0.05) is 24.3 Å². The SMILES string of the molecule is CCC(c1nnnn1Cc1cccs1)N1CCN(c2nc3cccnc3s2)CC1. The summed E-state index contributed by atoms with van der Waals surface area (Å²) in [5.41, 5.74) is 0.981. The van der Waals surface area contributed by atoms with Crippen LogP contribution in [0.4, 0.5) is 5.13 Å². The molecule has 5 heterocycles. The van der Waals surface area contributed by atoms with E-state index in [0.29, 0.717) is 0 Å². The highest BCUT2D eigenvalue weighted by Crippen LogP contribution is 2.30. The Hall–Kier alpha value is -2.43. The standard InChI is InChI=1S/C19H22N8S2/c1-2-16(17-22-23-24-27(17)13-14-5-4-12-28-14)25-8-10-26(11-9-25)19-21-15-6-3-7-20-18(15)29-19/h3-7,12,16H,2,8-11,13H2,1H3. The van der Waals surface area contributed by atoms with Crippen LogP contribution in [0, 0.1) is 0 Å². The number of pyridine rings is 1. The summed E-state index contributed by atoms with van der Waals surface area (Å²) in [6, 6.07) is 8.39. The van der Waals surface area contributed by atoms with Gasteiger partial charge in [0.05, 0.1) is 12.6 Å². The third-order valence-corrected chi connectivity index (χ3v) is 7.21. The fraction of sp³-hybridized carbons (Fsp3) is 0.421. The molecule has 1 fully saturated rings. The van der Waals surface area contributed by atoms with E-state index in [1.807, 2.05) is 23.0 Å². The first-order valence-electron chi connectivity index (χ1n) is 9.81. The lowest BCUT2D eigenvalue weighted by molar-refractivity contribution is 0.169. The average molecular weight is 427 g/mol. The van der Waals surface area contributed by atoms with Crippen molar-refractivity contribution in [3.05, 3.63) is 46.5 Å². The molecule has 0 aromatic carbocycles. The van der Waals surface area contributed by atoms with E-state index in [4.69, 9.17) is 4.98 Å². The number of piperazine rings is 1. The number of hydrogen-bond acceptors (Lipinski definition) is 9. The topological polar surface area (TPSA) is 75.9 Å². The van der Waals surface area contributed by atoms with Gasteiger partial charge in [-0.2, -0.15) is 0 Å². The molecule has 4 aromatic heterocycles. The van der Waals surface area contributed by atoms with Crippen molar-refractivity contribution in [2.45, 2.75) is 25.9 Å². The van der Waals surface area contributed by atoms with Crippen molar-refractivity contribution in [2.75, 3.05) is 31.1 Å². The summed E-state index contributed by atoms with van der Waals surface area (Å²) in [6.45, 7) is 6.77. The Morgan fingerprint density at radius 3 is 2.79 bits per heavy atom. The Bertz CT molecular complexity index is 1030. The van der Waals surface area contributed by atoms with Crippen molar-refractivity contribution in [1.29, 1.82) is 0 Å². The van der Waals surface area contributed by atoms with Crippen LogP contribution < -0.4 is 4.90 Å². The molecule has 0 N–H and O–H groups in total. The van der Waals surface area contributed by atoms with Gasteiger partial charge in [0.1, 0.15) is 10.3 Å². The van der Waals surface area contributed by atoms with E-state index in [1.165, 1.54) is 4.88 Å². The zero-order chi connectivity index (χ0) is 19.6. The number of rotatable bonds is 6. The van der Waals surface area contributed by atoms with E-state index in [9.17, 15) is 0 Å². The van der Waals surface area contributed by atoms with E-state index in [2.05, 4.69) is 54.7 Å². The third-order valence-electron chi connectivity index (χ3n) is 5.31. The van der Waals surface area contributed by atoms with Gasteiger partial charge in [-0.15, -0.1) is 16.4 Å².